The summed E-state index contributed by atoms with van der Waals surface area (Å²) < 4.78 is 0. The average Bonchev–Trinajstić information content (AvgIpc) is 2.15. The molecule has 0 heterocycles. The summed E-state index contributed by atoms with van der Waals surface area (Å²) in [6.45, 7) is 5.66. The van der Waals surface area contributed by atoms with Gasteiger partial charge in [-0.2, -0.15) is 0 Å². The van der Waals surface area contributed by atoms with Crippen LogP contribution in [0.2, 0.25) is 0 Å². The first kappa shape index (κ1) is 11.9. The Balaban J connectivity index is 2.75. The minimum atomic E-state index is 0.116. The summed E-state index contributed by atoms with van der Waals surface area (Å²) in [5.41, 5.74) is 3.47. The highest BCUT2D eigenvalue weighted by Gasteiger charge is 1.97. The number of thioether (sulfide) groups is 1. The Hall–Kier alpha value is -1.20. The number of carbonyl (C=O) groups excluding carboxylic acids is 1. The van der Waals surface area contributed by atoms with E-state index in [1.165, 1.54) is 22.9 Å². The molecule has 0 aliphatic heterocycles. The van der Waals surface area contributed by atoms with Crippen LogP contribution >= 0.6 is 11.8 Å². The van der Waals surface area contributed by atoms with Gasteiger partial charge in [0.1, 0.15) is 0 Å². The van der Waals surface area contributed by atoms with Crippen molar-refractivity contribution < 1.29 is 4.79 Å². The van der Waals surface area contributed by atoms with Gasteiger partial charge in [0.05, 0.1) is 5.75 Å². The lowest BCUT2D eigenvalue weighted by Crippen LogP contribution is -1.87. The Morgan fingerprint density at radius 3 is 2.47 bits per heavy atom. The van der Waals surface area contributed by atoms with Gasteiger partial charge in [-0.25, -0.2) is 0 Å². The topological polar surface area (TPSA) is 17.1 Å². The molecule has 0 aromatic heterocycles. The molecule has 0 radical (unpaired) electrons. The van der Waals surface area contributed by atoms with Gasteiger partial charge in [0.15, 0.2) is 5.12 Å². The quantitative estimate of drug-likeness (QED) is 0.674. The van der Waals surface area contributed by atoms with Crippen LogP contribution in [-0.2, 0) is 4.79 Å². The molecule has 0 aliphatic rings. The lowest BCUT2D eigenvalue weighted by atomic mass is 10.0. The normalized spacial score (nSPS) is 9.27. The van der Waals surface area contributed by atoms with Gasteiger partial charge in [0.25, 0.3) is 0 Å². The fourth-order valence-electron chi connectivity index (χ4n) is 1.27. The molecule has 0 amide bonds. The lowest BCUT2D eigenvalue weighted by Gasteiger charge is -2.00. The summed E-state index contributed by atoms with van der Waals surface area (Å²) >= 11 is 1.25. The van der Waals surface area contributed by atoms with Crippen LogP contribution in [0.15, 0.2) is 18.2 Å². The third kappa shape index (κ3) is 3.81. The van der Waals surface area contributed by atoms with Gasteiger partial charge in [-0.15, -0.1) is 0 Å². The fourth-order valence-corrected chi connectivity index (χ4v) is 1.62. The van der Waals surface area contributed by atoms with Crippen molar-refractivity contribution in [2.75, 3.05) is 5.75 Å². The molecule has 0 unspecified atom stereocenters. The number of hydrogen-bond acceptors (Lipinski definition) is 2. The van der Waals surface area contributed by atoms with Crippen LogP contribution in [-0.4, -0.2) is 10.9 Å². The first-order valence-electron chi connectivity index (χ1n) is 4.79. The first-order chi connectivity index (χ1) is 7.11. The summed E-state index contributed by atoms with van der Waals surface area (Å²) in [5, 5.41) is 0.116. The van der Waals surface area contributed by atoms with E-state index < -0.39 is 0 Å². The van der Waals surface area contributed by atoms with Gasteiger partial charge in [0.2, 0.25) is 0 Å². The standard InChI is InChI=1S/C13H14OS/c1-10-6-4-7-11(2)13(10)8-5-9-15-12(3)14/h4,6-7H,9H2,1-3H3. The number of rotatable bonds is 1. The third-order valence-corrected chi connectivity index (χ3v) is 2.74. The van der Waals surface area contributed by atoms with Crippen molar-refractivity contribution in [3.63, 3.8) is 0 Å². The van der Waals surface area contributed by atoms with E-state index in [9.17, 15) is 4.79 Å². The van der Waals surface area contributed by atoms with Crippen LogP contribution in [0.4, 0.5) is 0 Å². The molecule has 0 saturated carbocycles. The summed E-state index contributed by atoms with van der Waals surface area (Å²) in [7, 11) is 0. The molecule has 2 heteroatoms. The molecule has 0 N–H and O–H groups in total. The van der Waals surface area contributed by atoms with E-state index in [2.05, 4.69) is 37.8 Å². The zero-order valence-electron chi connectivity index (χ0n) is 9.26. The molecule has 0 atom stereocenters. The van der Waals surface area contributed by atoms with Crippen LogP contribution < -0.4 is 0 Å². The molecule has 1 aromatic rings. The molecule has 1 nitrogen and oxygen atoms in total. The molecule has 0 saturated heterocycles. The molecule has 0 bridgehead atoms. The van der Waals surface area contributed by atoms with E-state index >= 15 is 0 Å². The number of carbonyl (C=O) groups is 1. The van der Waals surface area contributed by atoms with E-state index in [0.29, 0.717) is 5.75 Å². The van der Waals surface area contributed by atoms with Crippen LogP contribution in [0.1, 0.15) is 23.6 Å². The zero-order chi connectivity index (χ0) is 11.3. The number of hydrogen-bond donors (Lipinski definition) is 0. The monoisotopic (exact) mass is 218 g/mol. The summed E-state index contributed by atoms with van der Waals surface area (Å²) in [6, 6.07) is 6.13. The van der Waals surface area contributed by atoms with Gasteiger partial charge >= 0.3 is 0 Å². The van der Waals surface area contributed by atoms with Crippen molar-refractivity contribution >= 4 is 16.9 Å². The third-order valence-electron chi connectivity index (χ3n) is 2.04. The highest BCUT2D eigenvalue weighted by molar-refractivity contribution is 8.13. The molecular formula is C13H14OS. The predicted octanol–water partition coefficient (Wildman–Crippen LogP) is 2.93. The molecular weight excluding hydrogens is 204 g/mol. The van der Waals surface area contributed by atoms with E-state index in [-0.39, 0.29) is 5.12 Å². The molecule has 0 aliphatic carbocycles. The van der Waals surface area contributed by atoms with Crippen molar-refractivity contribution in [2.24, 2.45) is 0 Å². The Labute approximate surface area is 95.3 Å². The van der Waals surface area contributed by atoms with Crippen LogP contribution in [0.25, 0.3) is 0 Å². The SMILES string of the molecule is CC(=O)SCC#Cc1c(C)cccc1C. The minimum absolute atomic E-state index is 0.116. The first-order valence-corrected chi connectivity index (χ1v) is 5.78. The maximum atomic E-state index is 10.7. The Bertz CT molecular complexity index is 404. The summed E-state index contributed by atoms with van der Waals surface area (Å²) in [5.74, 6) is 6.69. The van der Waals surface area contributed by atoms with Gasteiger partial charge in [-0.05, 0) is 25.0 Å². The summed E-state index contributed by atoms with van der Waals surface area (Å²) in [4.78, 5) is 10.7. The maximum Gasteiger partial charge on any atom is 0.186 e. The van der Waals surface area contributed by atoms with Crippen LogP contribution in [0, 0.1) is 25.7 Å². The van der Waals surface area contributed by atoms with Gasteiger partial charge < -0.3 is 0 Å². The van der Waals surface area contributed by atoms with Crippen LogP contribution in [0.5, 0.6) is 0 Å². The molecule has 78 valence electrons. The Morgan fingerprint density at radius 2 is 1.93 bits per heavy atom. The fraction of sp³-hybridized carbons (Fsp3) is 0.308. The van der Waals surface area contributed by atoms with Crippen molar-refractivity contribution in [3.8, 4) is 11.8 Å². The van der Waals surface area contributed by atoms with E-state index in [1.807, 2.05) is 6.07 Å². The molecule has 1 rings (SSSR count). The highest BCUT2D eigenvalue weighted by atomic mass is 32.2. The number of aryl methyl sites for hydroxylation is 2. The minimum Gasteiger partial charge on any atom is -0.288 e. The van der Waals surface area contributed by atoms with Crippen LogP contribution in [0.3, 0.4) is 0 Å². The average molecular weight is 218 g/mol. The van der Waals surface area contributed by atoms with Crippen molar-refractivity contribution in [1.29, 1.82) is 0 Å². The van der Waals surface area contributed by atoms with Gasteiger partial charge in [-0.3, -0.25) is 4.79 Å². The van der Waals surface area contributed by atoms with Crippen molar-refractivity contribution in [1.82, 2.24) is 0 Å². The second-order valence-corrected chi connectivity index (χ2v) is 4.50. The maximum absolute atomic E-state index is 10.7. The molecule has 15 heavy (non-hydrogen) atoms. The highest BCUT2D eigenvalue weighted by Crippen LogP contribution is 2.11. The number of benzene rings is 1. The summed E-state index contributed by atoms with van der Waals surface area (Å²) in [6.07, 6.45) is 0. The molecule has 0 spiro atoms. The zero-order valence-corrected chi connectivity index (χ0v) is 10.1. The second kappa shape index (κ2) is 5.63. The molecule has 0 fully saturated rings. The lowest BCUT2D eigenvalue weighted by molar-refractivity contribution is -0.109. The van der Waals surface area contributed by atoms with Gasteiger partial charge in [-0.1, -0.05) is 41.8 Å². The second-order valence-electron chi connectivity index (χ2n) is 3.35. The predicted molar refractivity (Wildman–Crippen MR) is 65.9 cm³/mol. The largest absolute Gasteiger partial charge is 0.288 e. The van der Waals surface area contributed by atoms with Gasteiger partial charge in [0, 0.05) is 12.5 Å². The Morgan fingerprint density at radius 1 is 1.33 bits per heavy atom. The molecule has 1 aromatic carbocycles. The van der Waals surface area contributed by atoms with Crippen molar-refractivity contribution in [3.05, 3.63) is 34.9 Å². The van der Waals surface area contributed by atoms with E-state index in [0.717, 1.165) is 5.56 Å². The van der Waals surface area contributed by atoms with E-state index in [4.69, 9.17) is 0 Å². The smallest absolute Gasteiger partial charge is 0.186 e. The van der Waals surface area contributed by atoms with E-state index in [1.54, 1.807) is 6.92 Å². The Kier molecular flexibility index (Phi) is 4.45. The van der Waals surface area contributed by atoms with Crippen molar-refractivity contribution in [2.45, 2.75) is 20.8 Å².